The summed E-state index contributed by atoms with van der Waals surface area (Å²) in [5, 5.41) is 3.91. The molecule has 1 N–H and O–H groups in total. The number of hydrogen-bond acceptors (Lipinski definition) is 3. The molecule has 0 saturated heterocycles. The minimum atomic E-state index is 0.674. The maximum atomic E-state index is 5.92. The molecular formula is C12H12ClNO2. The zero-order valence-corrected chi connectivity index (χ0v) is 9.62. The molecule has 2 aromatic rings. The van der Waals surface area contributed by atoms with Crippen LogP contribution in [0.3, 0.4) is 0 Å². The normalized spacial score (nSPS) is 10.1. The lowest BCUT2D eigenvalue weighted by Crippen LogP contribution is -2.00. The smallest absolute Gasteiger partial charge is 0.142 e. The number of benzene rings is 1. The molecule has 1 heterocycles. The van der Waals surface area contributed by atoms with Crippen molar-refractivity contribution in [1.82, 2.24) is 0 Å². The first-order chi connectivity index (χ1) is 7.79. The van der Waals surface area contributed by atoms with Gasteiger partial charge < -0.3 is 14.5 Å². The molecule has 0 saturated carbocycles. The Morgan fingerprint density at radius 2 is 2.25 bits per heavy atom. The Hall–Kier alpha value is -1.61. The number of nitrogens with one attached hydrogen (secondary N) is 1. The van der Waals surface area contributed by atoms with Crippen LogP contribution < -0.4 is 10.1 Å². The van der Waals surface area contributed by atoms with E-state index in [1.54, 1.807) is 25.7 Å². The van der Waals surface area contributed by atoms with E-state index >= 15 is 0 Å². The van der Waals surface area contributed by atoms with Crippen LogP contribution in [0.5, 0.6) is 5.75 Å². The van der Waals surface area contributed by atoms with Crippen molar-refractivity contribution in [3.63, 3.8) is 0 Å². The van der Waals surface area contributed by atoms with Crippen LogP contribution in [0.15, 0.2) is 41.2 Å². The molecule has 4 heteroatoms. The highest BCUT2D eigenvalue weighted by Crippen LogP contribution is 2.27. The molecule has 0 amide bonds. The van der Waals surface area contributed by atoms with Gasteiger partial charge in [-0.15, -0.1) is 0 Å². The number of ether oxygens (including phenoxy) is 1. The monoisotopic (exact) mass is 237 g/mol. The molecule has 0 spiro atoms. The van der Waals surface area contributed by atoms with Crippen LogP contribution in [-0.2, 0) is 6.54 Å². The Labute approximate surface area is 99.0 Å². The number of halogens is 1. The molecule has 0 unspecified atom stereocenters. The summed E-state index contributed by atoms with van der Waals surface area (Å²) in [5.41, 5.74) is 1.94. The summed E-state index contributed by atoms with van der Waals surface area (Å²) in [7, 11) is 1.63. The van der Waals surface area contributed by atoms with Gasteiger partial charge in [0.2, 0.25) is 0 Å². The van der Waals surface area contributed by atoms with Crippen LogP contribution >= 0.6 is 11.6 Å². The van der Waals surface area contributed by atoms with Crippen molar-refractivity contribution >= 4 is 17.3 Å². The van der Waals surface area contributed by atoms with Crippen LogP contribution in [0.2, 0.25) is 5.02 Å². The Kier molecular flexibility index (Phi) is 3.37. The van der Waals surface area contributed by atoms with Gasteiger partial charge in [-0.05, 0) is 24.3 Å². The van der Waals surface area contributed by atoms with E-state index < -0.39 is 0 Å². The highest BCUT2D eigenvalue weighted by atomic mass is 35.5. The van der Waals surface area contributed by atoms with Gasteiger partial charge >= 0.3 is 0 Å². The van der Waals surface area contributed by atoms with Gasteiger partial charge in [0.15, 0.2) is 0 Å². The second kappa shape index (κ2) is 4.94. The van der Waals surface area contributed by atoms with Gasteiger partial charge in [0.1, 0.15) is 5.75 Å². The molecule has 0 aliphatic heterocycles. The predicted molar refractivity (Wildman–Crippen MR) is 64.0 cm³/mol. The summed E-state index contributed by atoms with van der Waals surface area (Å²) in [4.78, 5) is 0. The number of rotatable bonds is 4. The van der Waals surface area contributed by atoms with E-state index in [1.807, 2.05) is 18.2 Å². The van der Waals surface area contributed by atoms with Crippen LogP contribution in [0.1, 0.15) is 5.56 Å². The molecule has 0 aliphatic carbocycles. The fourth-order valence-corrected chi connectivity index (χ4v) is 1.58. The third-order valence-corrected chi connectivity index (χ3v) is 2.46. The topological polar surface area (TPSA) is 34.4 Å². The lowest BCUT2D eigenvalue weighted by Gasteiger charge is -2.10. The SMILES string of the molecule is COc1ccc(Cl)cc1NCc1ccoc1. The summed E-state index contributed by atoms with van der Waals surface area (Å²) in [6, 6.07) is 7.37. The quantitative estimate of drug-likeness (QED) is 0.883. The van der Waals surface area contributed by atoms with Crippen molar-refractivity contribution in [2.24, 2.45) is 0 Å². The Morgan fingerprint density at radius 1 is 1.38 bits per heavy atom. The molecule has 2 rings (SSSR count). The van der Waals surface area contributed by atoms with Crippen molar-refractivity contribution in [3.8, 4) is 5.75 Å². The summed E-state index contributed by atoms with van der Waals surface area (Å²) in [6.07, 6.45) is 3.34. The average molecular weight is 238 g/mol. The fraction of sp³-hybridized carbons (Fsp3) is 0.167. The second-order valence-corrected chi connectivity index (χ2v) is 3.77. The van der Waals surface area contributed by atoms with E-state index in [0.717, 1.165) is 17.0 Å². The third kappa shape index (κ3) is 2.49. The molecule has 1 aromatic heterocycles. The summed E-state index contributed by atoms with van der Waals surface area (Å²) in [6.45, 7) is 0.674. The third-order valence-electron chi connectivity index (χ3n) is 2.22. The summed E-state index contributed by atoms with van der Waals surface area (Å²) < 4.78 is 10.2. The first kappa shape index (κ1) is 10.9. The van der Waals surface area contributed by atoms with E-state index in [9.17, 15) is 0 Å². The standard InChI is InChI=1S/C12H12ClNO2/c1-15-12-3-2-10(13)6-11(12)14-7-9-4-5-16-8-9/h2-6,8,14H,7H2,1H3. The highest BCUT2D eigenvalue weighted by molar-refractivity contribution is 6.30. The number of furan rings is 1. The summed E-state index contributed by atoms with van der Waals surface area (Å²) in [5.74, 6) is 0.771. The first-order valence-corrected chi connectivity index (χ1v) is 5.26. The van der Waals surface area contributed by atoms with Gasteiger partial charge in [0, 0.05) is 17.1 Å². The second-order valence-electron chi connectivity index (χ2n) is 3.33. The molecule has 0 aliphatic rings. The lowest BCUT2D eigenvalue weighted by molar-refractivity contribution is 0.416. The van der Waals surface area contributed by atoms with E-state index in [4.69, 9.17) is 20.8 Å². The van der Waals surface area contributed by atoms with Crippen LogP contribution in [-0.4, -0.2) is 7.11 Å². The summed E-state index contributed by atoms with van der Waals surface area (Å²) >= 11 is 5.92. The average Bonchev–Trinajstić information content (AvgIpc) is 2.79. The van der Waals surface area contributed by atoms with Crippen molar-refractivity contribution in [1.29, 1.82) is 0 Å². The van der Waals surface area contributed by atoms with Crippen LogP contribution in [0.4, 0.5) is 5.69 Å². The van der Waals surface area contributed by atoms with E-state index in [-0.39, 0.29) is 0 Å². The molecule has 0 bridgehead atoms. The van der Waals surface area contributed by atoms with Crippen LogP contribution in [0.25, 0.3) is 0 Å². The van der Waals surface area contributed by atoms with Gasteiger partial charge in [-0.3, -0.25) is 0 Å². The molecular weight excluding hydrogens is 226 g/mol. The molecule has 3 nitrogen and oxygen atoms in total. The first-order valence-electron chi connectivity index (χ1n) is 4.88. The number of anilines is 1. The molecule has 0 fully saturated rings. The van der Waals surface area contributed by atoms with Crippen molar-refractivity contribution < 1.29 is 9.15 Å². The molecule has 0 atom stereocenters. The van der Waals surface area contributed by atoms with Gasteiger partial charge in [-0.25, -0.2) is 0 Å². The maximum Gasteiger partial charge on any atom is 0.142 e. The van der Waals surface area contributed by atoms with Gasteiger partial charge in [-0.1, -0.05) is 11.6 Å². The zero-order chi connectivity index (χ0) is 11.4. The number of methoxy groups -OCH3 is 1. The van der Waals surface area contributed by atoms with Gasteiger partial charge in [0.25, 0.3) is 0 Å². The van der Waals surface area contributed by atoms with E-state index in [0.29, 0.717) is 11.6 Å². The Balaban J connectivity index is 2.11. The van der Waals surface area contributed by atoms with Gasteiger partial charge in [-0.2, -0.15) is 0 Å². The van der Waals surface area contributed by atoms with Gasteiger partial charge in [0.05, 0.1) is 25.3 Å². The fourth-order valence-electron chi connectivity index (χ4n) is 1.41. The largest absolute Gasteiger partial charge is 0.495 e. The minimum Gasteiger partial charge on any atom is -0.495 e. The van der Waals surface area contributed by atoms with Crippen molar-refractivity contribution in [3.05, 3.63) is 47.4 Å². The van der Waals surface area contributed by atoms with E-state index in [2.05, 4.69) is 5.32 Å². The molecule has 1 aromatic carbocycles. The zero-order valence-electron chi connectivity index (χ0n) is 8.87. The maximum absolute atomic E-state index is 5.92. The van der Waals surface area contributed by atoms with E-state index in [1.165, 1.54) is 0 Å². The minimum absolute atomic E-state index is 0.674. The highest BCUT2D eigenvalue weighted by Gasteiger charge is 2.03. The van der Waals surface area contributed by atoms with Crippen LogP contribution in [0, 0.1) is 0 Å². The number of hydrogen-bond donors (Lipinski definition) is 1. The molecule has 16 heavy (non-hydrogen) atoms. The Bertz CT molecular complexity index is 454. The van der Waals surface area contributed by atoms with Crippen molar-refractivity contribution in [2.45, 2.75) is 6.54 Å². The van der Waals surface area contributed by atoms with Crippen molar-refractivity contribution in [2.75, 3.05) is 12.4 Å². The predicted octanol–water partition coefficient (Wildman–Crippen LogP) is 3.55. The molecule has 0 radical (unpaired) electrons. The molecule has 84 valence electrons. The lowest BCUT2D eigenvalue weighted by atomic mass is 10.2. The Morgan fingerprint density at radius 3 is 2.94 bits per heavy atom.